The number of hydrogen-bond donors (Lipinski definition) is 20. The molecule has 20 N–H and O–H groups in total. The first-order valence-corrected chi connectivity index (χ1v) is 31.8. The predicted octanol–water partition coefficient (Wildman–Crippen LogP) is 0.754. The van der Waals surface area contributed by atoms with Crippen LogP contribution in [0.5, 0.6) is 0 Å². The third kappa shape index (κ3) is 99.3. The van der Waals surface area contributed by atoms with E-state index in [0.717, 1.165) is 51.9 Å². The van der Waals surface area contributed by atoms with Crippen molar-refractivity contribution < 1.29 is 137 Å². The van der Waals surface area contributed by atoms with Gasteiger partial charge in [0.25, 0.3) is 0 Å². The maximum Gasteiger partial charge on any atom is 0.373 e. The molecule has 0 rings (SSSR count). The molecule has 40 nitrogen and oxygen atoms in total. The van der Waals surface area contributed by atoms with Crippen LogP contribution in [0.4, 0.5) is 19.2 Å². The first-order valence-electron chi connectivity index (χ1n) is 31.8. The SMILES string of the molecule is CC(C)NCCCC[C@@H](NC(=O)NCCCC(=O)O)C(=O)O.CC(C)NCCCC[C@@H](NC(=O)NCCCC(=O)O)C(=O)O.CC(C)NCCCC[C@H](NC(=O)NCCCC(=O)O)C(=O)O.CC(C)NCCCC[C@H](NC(=O)NCCCC(=O)O)C(=O)O.O=C=O.O=C=O.O=C=O.O=C=O. The van der Waals surface area contributed by atoms with E-state index in [9.17, 15) is 57.5 Å². The van der Waals surface area contributed by atoms with Crippen molar-refractivity contribution in [1.29, 1.82) is 0 Å². The van der Waals surface area contributed by atoms with Gasteiger partial charge in [0.15, 0.2) is 0 Å². The standard InChI is InChI=1S/4C14H27N3O5.4CO2/c4*1-10(2)15-8-4-3-6-11(13(20)21)17-14(22)16-9-5-7-12(18)19;4*2-1-3/h4*10-11,15H,3-9H2,1-2H3,(H,18,19)(H,20,21)(H2,16,17,22);;;;/t4*11-;;;;/m1100..../s1. The van der Waals surface area contributed by atoms with Gasteiger partial charge >= 0.3 is 96.5 Å². The van der Waals surface area contributed by atoms with Gasteiger partial charge in [-0.3, -0.25) is 19.2 Å². The number of urea groups is 4. The van der Waals surface area contributed by atoms with E-state index >= 15 is 0 Å². The summed E-state index contributed by atoms with van der Waals surface area (Å²) in [5.74, 6) is -8.01. The number of amides is 8. The minimum Gasteiger partial charge on any atom is -0.481 e. The van der Waals surface area contributed by atoms with Crippen molar-refractivity contribution >= 4 is 96.5 Å². The number of carboxylic acid groups (broad SMARTS) is 8. The molecule has 0 aliphatic rings. The summed E-state index contributed by atoms with van der Waals surface area (Å²) in [6, 6.07) is -4.49. The number of carbonyl (C=O) groups excluding carboxylic acids is 12. The highest BCUT2D eigenvalue weighted by atomic mass is 16.4. The zero-order valence-corrected chi connectivity index (χ0v) is 58.2. The van der Waals surface area contributed by atoms with E-state index in [1.165, 1.54) is 0 Å². The van der Waals surface area contributed by atoms with Crippen molar-refractivity contribution in [2.24, 2.45) is 0 Å². The summed E-state index contributed by atoms with van der Waals surface area (Å²) in [6.45, 7) is 20.3. The Morgan fingerprint density at radius 1 is 0.250 bits per heavy atom. The van der Waals surface area contributed by atoms with Gasteiger partial charge in [-0.15, -0.1) is 0 Å². The highest BCUT2D eigenvalue weighted by Crippen LogP contribution is 2.05. The average Bonchev–Trinajstić information content (AvgIpc) is 1.05. The molecule has 0 unspecified atom stereocenters. The van der Waals surface area contributed by atoms with Gasteiger partial charge in [0.1, 0.15) is 24.2 Å². The maximum absolute atomic E-state index is 11.5. The monoisotopic (exact) mass is 1440 g/mol. The smallest absolute Gasteiger partial charge is 0.373 e. The highest BCUT2D eigenvalue weighted by molar-refractivity contribution is 5.84. The molecule has 0 saturated heterocycles. The van der Waals surface area contributed by atoms with E-state index in [1.807, 2.05) is 55.4 Å². The molecule has 0 aliphatic carbocycles. The van der Waals surface area contributed by atoms with Gasteiger partial charge in [0.05, 0.1) is 0 Å². The molecule has 0 saturated carbocycles. The van der Waals surface area contributed by atoms with Gasteiger partial charge in [-0.1, -0.05) is 55.4 Å². The van der Waals surface area contributed by atoms with E-state index in [0.29, 0.717) is 101 Å². The Balaban J connectivity index is -0.000000178. The molecule has 0 radical (unpaired) electrons. The van der Waals surface area contributed by atoms with E-state index in [2.05, 4.69) is 63.8 Å². The Morgan fingerprint density at radius 2 is 0.400 bits per heavy atom. The minimum atomic E-state index is -1.07. The fraction of sp³-hybridized carbons (Fsp3) is 0.733. The first kappa shape index (κ1) is 106. The van der Waals surface area contributed by atoms with Crippen LogP contribution in [0.2, 0.25) is 0 Å². The van der Waals surface area contributed by atoms with Crippen LogP contribution in [0.3, 0.4) is 0 Å². The second-order valence-electron chi connectivity index (χ2n) is 21.9. The van der Waals surface area contributed by atoms with Gasteiger partial charge in [-0.2, -0.15) is 38.4 Å². The third-order valence-corrected chi connectivity index (χ3v) is 11.7. The second kappa shape index (κ2) is 78.2. The Labute approximate surface area is 579 Å². The molecule has 40 heteroatoms. The van der Waals surface area contributed by atoms with Crippen molar-refractivity contribution in [2.45, 2.75) is 232 Å². The quantitative estimate of drug-likeness (QED) is 0.0374. The van der Waals surface area contributed by atoms with Gasteiger partial charge in [0, 0.05) is 76.0 Å². The summed E-state index contributed by atoms with van der Waals surface area (Å²) in [5, 5.41) is 102. The fourth-order valence-electron chi connectivity index (χ4n) is 7.09. The normalized spacial score (nSPS) is 10.8. The lowest BCUT2D eigenvalue weighted by molar-refractivity contribution is -0.193. The number of rotatable bonds is 48. The number of carboxylic acids is 8. The lowest BCUT2D eigenvalue weighted by Gasteiger charge is -2.15. The molecular formula is C60H108N12O28. The van der Waals surface area contributed by atoms with E-state index in [-0.39, 0.29) is 76.5 Å². The summed E-state index contributed by atoms with van der Waals surface area (Å²) in [7, 11) is 0. The van der Waals surface area contributed by atoms with Crippen molar-refractivity contribution in [3.8, 4) is 0 Å². The van der Waals surface area contributed by atoms with Crippen molar-refractivity contribution in [1.82, 2.24) is 63.8 Å². The Hall–Kier alpha value is -9.80. The van der Waals surface area contributed by atoms with Crippen LogP contribution in [0.15, 0.2) is 0 Å². The van der Waals surface area contributed by atoms with E-state index in [4.69, 9.17) is 79.2 Å². The van der Waals surface area contributed by atoms with E-state index < -0.39 is 96.0 Å². The summed E-state index contributed by atoms with van der Waals surface area (Å²) in [6.07, 6.45) is 9.63. The van der Waals surface area contributed by atoms with Gasteiger partial charge in [0.2, 0.25) is 0 Å². The molecule has 0 aromatic carbocycles. The zero-order valence-electron chi connectivity index (χ0n) is 58.2. The molecule has 576 valence electrons. The summed E-state index contributed by atoms with van der Waals surface area (Å²) >= 11 is 0. The van der Waals surface area contributed by atoms with Crippen LogP contribution in [-0.4, -0.2) is 238 Å². The van der Waals surface area contributed by atoms with Gasteiger partial charge in [-0.25, -0.2) is 38.4 Å². The Kier molecular flexibility index (Phi) is 83.1. The Morgan fingerprint density at radius 3 is 0.520 bits per heavy atom. The lowest BCUT2D eigenvalue weighted by atomic mass is 10.1. The van der Waals surface area contributed by atoms with Gasteiger partial charge < -0.3 is 105 Å². The van der Waals surface area contributed by atoms with Gasteiger partial charge in [-0.05, 0) is 129 Å². The Bertz CT molecular complexity index is 2060. The fourth-order valence-corrected chi connectivity index (χ4v) is 7.09. The van der Waals surface area contributed by atoms with Crippen LogP contribution >= 0.6 is 0 Å². The number of unbranched alkanes of at least 4 members (excludes halogenated alkanes) is 4. The molecule has 4 atom stereocenters. The van der Waals surface area contributed by atoms with Crippen molar-refractivity contribution in [3.63, 3.8) is 0 Å². The number of aliphatic carboxylic acids is 8. The predicted molar refractivity (Wildman–Crippen MR) is 347 cm³/mol. The van der Waals surface area contributed by atoms with Crippen LogP contribution in [0, 0.1) is 0 Å². The molecule has 8 amide bonds. The minimum absolute atomic E-state index is 0.0362. The summed E-state index contributed by atoms with van der Waals surface area (Å²) in [4.78, 5) is 197. The molecule has 100 heavy (non-hydrogen) atoms. The van der Waals surface area contributed by atoms with Crippen molar-refractivity contribution in [2.75, 3.05) is 52.4 Å². The molecule has 0 fully saturated rings. The molecular weight excluding hydrogens is 1340 g/mol. The largest absolute Gasteiger partial charge is 0.481 e. The molecule has 0 spiro atoms. The van der Waals surface area contributed by atoms with E-state index in [1.54, 1.807) is 0 Å². The zero-order chi connectivity index (χ0) is 78.7. The lowest BCUT2D eigenvalue weighted by Crippen LogP contribution is -2.46. The van der Waals surface area contributed by atoms with Crippen molar-refractivity contribution in [3.05, 3.63) is 0 Å². The van der Waals surface area contributed by atoms with Crippen LogP contribution < -0.4 is 63.8 Å². The average molecular weight is 1450 g/mol. The van der Waals surface area contributed by atoms with Crippen LogP contribution in [-0.2, 0) is 76.7 Å². The molecule has 0 aliphatic heterocycles. The molecule has 0 bridgehead atoms. The number of nitrogens with one attached hydrogen (secondary N) is 12. The topological polar surface area (TPSA) is 648 Å². The molecule has 0 aromatic rings. The molecule has 0 heterocycles. The first-order chi connectivity index (χ1) is 47.0. The summed E-state index contributed by atoms with van der Waals surface area (Å²) < 4.78 is 0. The maximum atomic E-state index is 11.5. The third-order valence-electron chi connectivity index (χ3n) is 11.7. The molecule has 0 aromatic heterocycles. The highest BCUT2D eigenvalue weighted by Gasteiger charge is 2.23. The van der Waals surface area contributed by atoms with Crippen LogP contribution in [0.1, 0.15) is 184 Å². The van der Waals surface area contributed by atoms with Crippen LogP contribution in [0.25, 0.3) is 0 Å². The second-order valence-corrected chi connectivity index (χ2v) is 21.9. The summed E-state index contributed by atoms with van der Waals surface area (Å²) in [5.41, 5.74) is 0. The number of carbonyl (C=O) groups is 12. The number of hydrogen-bond acceptors (Lipinski definition) is 24.